The van der Waals surface area contributed by atoms with E-state index in [4.69, 9.17) is 6.15 Å². The van der Waals surface area contributed by atoms with Gasteiger partial charge in [-0.15, -0.1) is 0 Å². The fourth-order valence-corrected chi connectivity index (χ4v) is 0. The summed E-state index contributed by atoms with van der Waals surface area (Å²) in [5, 5.41) is 0. The summed E-state index contributed by atoms with van der Waals surface area (Å²) in [6, 6.07) is 0. The first-order chi connectivity index (χ1) is 1.41. The van der Waals surface area contributed by atoms with Crippen LogP contribution < -0.4 is 0 Å². The average molecular weight is 214 g/mol. The molecular formula is CuO2Sn. The first-order valence-electron chi connectivity index (χ1n) is 0.408. The van der Waals surface area contributed by atoms with Crippen molar-refractivity contribution in [2.75, 3.05) is 0 Å². The molecule has 4 heteroatoms. The molecule has 0 atom stereocenters. The molecule has 1 radical (unpaired) electrons. The molecule has 0 aromatic rings. The molecular weight excluding hydrogens is 214 g/mol. The molecule has 0 N–H and O–H groups in total. The molecule has 0 saturated heterocycles. The maximum absolute atomic E-state index is 8.54. The third-order valence-electron chi connectivity index (χ3n) is 0. The Balaban J connectivity index is 0. The monoisotopic (exact) mass is 215 g/mol. The van der Waals surface area contributed by atoms with Crippen molar-refractivity contribution in [3.05, 3.63) is 0 Å². The molecule has 0 heterocycles. The standard InChI is InChI=1S/Cu.2O.Sn. The molecule has 4 heavy (non-hydrogen) atoms. The van der Waals surface area contributed by atoms with Gasteiger partial charge in [0.2, 0.25) is 0 Å². The SMILES string of the molecule is [Cu].[O]=[Sn]=[O]. The normalized spacial score (nSPS) is 2.00. The van der Waals surface area contributed by atoms with Crippen LogP contribution in [-0.4, -0.2) is 21.1 Å². The molecule has 0 spiro atoms. The van der Waals surface area contributed by atoms with Crippen LogP contribution in [0.25, 0.3) is 0 Å². The molecule has 0 aromatic carbocycles. The van der Waals surface area contributed by atoms with Gasteiger partial charge >= 0.3 is 27.3 Å². The van der Waals surface area contributed by atoms with Crippen molar-refractivity contribution in [1.82, 2.24) is 0 Å². The van der Waals surface area contributed by atoms with E-state index in [-0.39, 0.29) is 17.1 Å². The van der Waals surface area contributed by atoms with Crippen LogP contribution in [0.2, 0.25) is 0 Å². The first-order valence-corrected chi connectivity index (χ1v) is 2.74. The predicted molar refractivity (Wildman–Crippen MR) is 7.13 cm³/mol. The fraction of sp³-hybridized carbons (Fsp3) is 0. The number of hydrogen-bond donors (Lipinski definition) is 0. The number of rotatable bonds is 0. The molecule has 0 unspecified atom stereocenters. The molecule has 2 nitrogen and oxygen atoms in total. The molecule has 0 aromatic heterocycles. The van der Waals surface area contributed by atoms with Crippen molar-refractivity contribution in [3.63, 3.8) is 0 Å². The summed E-state index contributed by atoms with van der Waals surface area (Å²) in [6.45, 7) is 0. The van der Waals surface area contributed by atoms with Crippen molar-refractivity contribution in [2.45, 2.75) is 0 Å². The van der Waals surface area contributed by atoms with E-state index >= 15 is 0 Å². The van der Waals surface area contributed by atoms with Crippen LogP contribution in [0.3, 0.4) is 0 Å². The Morgan fingerprint density at radius 2 is 1.25 bits per heavy atom. The Bertz CT molecular complexity index is 27.0. The van der Waals surface area contributed by atoms with E-state index < -0.39 is 21.1 Å². The van der Waals surface area contributed by atoms with E-state index in [0.717, 1.165) is 0 Å². The topological polar surface area (TPSA) is 34.1 Å². The van der Waals surface area contributed by atoms with Gasteiger partial charge in [-0.25, -0.2) is 0 Å². The van der Waals surface area contributed by atoms with Gasteiger partial charge in [-0.3, -0.25) is 0 Å². The van der Waals surface area contributed by atoms with Gasteiger partial charge in [0.25, 0.3) is 0 Å². The van der Waals surface area contributed by atoms with Crippen LogP contribution >= 0.6 is 0 Å². The molecule has 0 fully saturated rings. The second-order valence-corrected chi connectivity index (χ2v) is 0.559. The second kappa shape index (κ2) is 9.07. The van der Waals surface area contributed by atoms with Gasteiger partial charge in [-0.1, -0.05) is 0 Å². The summed E-state index contributed by atoms with van der Waals surface area (Å²) in [7, 11) is 0. The van der Waals surface area contributed by atoms with Crippen LogP contribution in [0.1, 0.15) is 0 Å². The van der Waals surface area contributed by atoms with Crippen LogP contribution in [0.4, 0.5) is 0 Å². The van der Waals surface area contributed by atoms with Gasteiger partial charge in [0.15, 0.2) is 0 Å². The van der Waals surface area contributed by atoms with Gasteiger partial charge in [0.05, 0.1) is 0 Å². The fourth-order valence-electron chi connectivity index (χ4n) is 0. The molecule has 27 valence electrons. The summed E-state index contributed by atoms with van der Waals surface area (Å²) < 4.78 is 17.1. The first kappa shape index (κ1) is 8.87. The van der Waals surface area contributed by atoms with Crippen molar-refractivity contribution < 1.29 is 23.2 Å². The Labute approximate surface area is 44.4 Å². The quantitative estimate of drug-likeness (QED) is 0.504. The molecule has 0 amide bonds. The molecule has 0 aliphatic rings. The van der Waals surface area contributed by atoms with E-state index in [2.05, 4.69) is 0 Å². The summed E-state index contributed by atoms with van der Waals surface area (Å²) in [4.78, 5) is 0. The van der Waals surface area contributed by atoms with Gasteiger partial charge in [0.1, 0.15) is 0 Å². The second-order valence-electron chi connectivity index (χ2n) is 0.0833. The van der Waals surface area contributed by atoms with Gasteiger partial charge in [-0.2, -0.15) is 0 Å². The van der Waals surface area contributed by atoms with Crippen molar-refractivity contribution in [3.8, 4) is 0 Å². The third-order valence-corrected chi connectivity index (χ3v) is 0. The Morgan fingerprint density at radius 1 is 1.25 bits per heavy atom. The average Bonchev–Trinajstić information content (AvgIpc) is 0.918. The Hall–Kier alpha value is 0.918. The van der Waals surface area contributed by atoms with Crippen LogP contribution in [-0.2, 0) is 23.2 Å². The van der Waals surface area contributed by atoms with Crippen LogP contribution in [0, 0.1) is 0 Å². The van der Waals surface area contributed by atoms with E-state index in [1.807, 2.05) is 0 Å². The van der Waals surface area contributed by atoms with E-state index in [1.54, 1.807) is 0 Å². The molecule has 0 rings (SSSR count). The van der Waals surface area contributed by atoms with Crippen LogP contribution in [0.5, 0.6) is 0 Å². The van der Waals surface area contributed by atoms with Crippen molar-refractivity contribution in [2.24, 2.45) is 0 Å². The Morgan fingerprint density at radius 3 is 1.25 bits per heavy atom. The summed E-state index contributed by atoms with van der Waals surface area (Å²) in [6.07, 6.45) is 0. The minimum absolute atomic E-state index is 0. The van der Waals surface area contributed by atoms with Gasteiger partial charge in [0, 0.05) is 17.1 Å². The zero-order valence-corrected chi connectivity index (χ0v) is 5.41. The minimum atomic E-state index is -2.27. The summed E-state index contributed by atoms with van der Waals surface area (Å²) in [5.74, 6) is 0. The van der Waals surface area contributed by atoms with E-state index in [9.17, 15) is 0 Å². The molecule has 0 saturated carbocycles. The summed E-state index contributed by atoms with van der Waals surface area (Å²) >= 11 is -2.27. The van der Waals surface area contributed by atoms with Crippen molar-refractivity contribution in [1.29, 1.82) is 0 Å². The van der Waals surface area contributed by atoms with Crippen molar-refractivity contribution >= 4 is 21.1 Å². The zero-order valence-electron chi connectivity index (χ0n) is 1.62. The van der Waals surface area contributed by atoms with E-state index in [1.165, 1.54) is 0 Å². The zero-order chi connectivity index (χ0) is 2.71. The Kier molecular flexibility index (Phi) is 20.1. The maximum atomic E-state index is 8.54. The van der Waals surface area contributed by atoms with Gasteiger partial charge < -0.3 is 0 Å². The third kappa shape index (κ3) is 12.7. The number of hydrogen-bond acceptors (Lipinski definition) is 2. The molecule has 0 bridgehead atoms. The molecule has 0 aliphatic heterocycles. The van der Waals surface area contributed by atoms with E-state index in [0.29, 0.717) is 0 Å². The molecule has 0 aliphatic carbocycles. The summed E-state index contributed by atoms with van der Waals surface area (Å²) in [5.41, 5.74) is 0. The predicted octanol–water partition coefficient (Wildman–Crippen LogP) is -0.621. The van der Waals surface area contributed by atoms with Gasteiger partial charge in [-0.05, 0) is 0 Å². The van der Waals surface area contributed by atoms with Crippen LogP contribution in [0.15, 0.2) is 0 Å².